The van der Waals surface area contributed by atoms with Crippen LogP contribution in [0.3, 0.4) is 0 Å². The van der Waals surface area contributed by atoms with Crippen LogP contribution >= 0.6 is 0 Å². The van der Waals surface area contributed by atoms with Crippen LogP contribution in [0.4, 0.5) is 0 Å². The minimum absolute atomic E-state index is 0.329. The smallest absolute Gasteiger partial charge is 0.263 e. The van der Waals surface area contributed by atoms with E-state index in [0.29, 0.717) is 17.9 Å². The number of sulfonamides is 1. The molecule has 0 saturated heterocycles. The molecule has 0 bridgehead atoms. The van der Waals surface area contributed by atoms with Crippen LogP contribution in [-0.2, 0) is 10.0 Å². The minimum Gasteiger partial charge on any atom is -0.497 e. The molecule has 23 heavy (non-hydrogen) atoms. The number of benzene rings is 2. The van der Waals surface area contributed by atoms with Gasteiger partial charge < -0.3 is 4.74 Å². The molecule has 0 atom stereocenters. The molecule has 0 spiro atoms. The molecule has 0 amide bonds. The molecular weight excluding hydrogens is 310 g/mol. The maximum Gasteiger partial charge on any atom is 0.263 e. The van der Waals surface area contributed by atoms with Gasteiger partial charge in [0, 0.05) is 12.7 Å². The highest BCUT2D eigenvalue weighted by atomic mass is 32.2. The molecule has 0 aromatic heterocycles. The standard InChI is InChI=1S/C18H19NO3S/c1-14-3-9-18(10-4-14)23(20,21)19-12-11-16(13-19)15-5-7-17(22-2)8-6-15/h3-10,13H,11-12H2,1-2H3. The number of hydrogen-bond acceptors (Lipinski definition) is 3. The van der Waals surface area contributed by atoms with Crippen molar-refractivity contribution in [2.45, 2.75) is 18.2 Å². The fraction of sp³-hybridized carbons (Fsp3) is 0.222. The first kappa shape index (κ1) is 15.6. The molecular formula is C18H19NO3S. The molecule has 1 aliphatic heterocycles. The third-order valence-electron chi connectivity index (χ3n) is 3.99. The summed E-state index contributed by atoms with van der Waals surface area (Å²) in [6.45, 7) is 2.41. The first-order valence-corrected chi connectivity index (χ1v) is 8.88. The normalized spacial score (nSPS) is 14.7. The molecule has 0 unspecified atom stereocenters. The molecule has 0 aliphatic carbocycles. The molecule has 1 heterocycles. The zero-order chi connectivity index (χ0) is 16.4. The fourth-order valence-electron chi connectivity index (χ4n) is 2.59. The summed E-state index contributed by atoms with van der Waals surface area (Å²) in [7, 11) is -1.85. The Morgan fingerprint density at radius 2 is 1.65 bits per heavy atom. The Hall–Kier alpha value is -2.27. The lowest BCUT2D eigenvalue weighted by Gasteiger charge is -2.15. The molecule has 2 aromatic carbocycles. The lowest BCUT2D eigenvalue weighted by Crippen LogP contribution is -2.23. The summed E-state index contributed by atoms with van der Waals surface area (Å²) in [5, 5.41) is 0. The Bertz CT molecular complexity index is 822. The summed E-state index contributed by atoms with van der Waals surface area (Å²) in [6, 6.07) is 14.6. The Labute approximate surface area is 137 Å². The van der Waals surface area contributed by atoms with Crippen LogP contribution in [0.2, 0.25) is 0 Å². The second-order valence-corrected chi connectivity index (χ2v) is 7.45. The Morgan fingerprint density at radius 1 is 1.00 bits per heavy atom. The van der Waals surface area contributed by atoms with Crippen LogP contribution in [0.15, 0.2) is 59.6 Å². The van der Waals surface area contributed by atoms with Crippen molar-refractivity contribution in [2.75, 3.05) is 13.7 Å². The lowest BCUT2D eigenvalue weighted by atomic mass is 10.1. The van der Waals surface area contributed by atoms with Gasteiger partial charge in [-0.3, -0.25) is 4.31 Å². The molecule has 120 valence electrons. The molecule has 0 radical (unpaired) electrons. The number of ether oxygens (including phenoxy) is 1. The van der Waals surface area contributed by atoms with Crippen LogP contribution < -0.4 is 4.74 Å². The molecule has 0 fully saturated rings. The summed E-state index contributed by atoms with van der Waals surface area (Å²) in [4.78, 5) is 0.329. The van der Waals surface area contributed by atoms with Gasteiger partial charge in [0.15, 0.2) is 0 Å². The van der Waals surface area contributed by atoms with Gasteiger partial charge in [0.2, 0.25) is 0 Å². The molecule has 0 N–H and O–H groups in total. The van der Waals surface area contributed by atoms with Crippen molar-refractivity contribution in [3.8, 4) is 5.75 Å². The fourth-order valence-corrected chi connectivity index (χ4v) is 3.94. The molecule has 5 heteroatoms. The van der Waals surface area contributed by atoms with Crippen LogP contribution in [0, 0.1) is 6.92 Å². The number of methoxy groups -OCH3 is 1. The maximum absolute atomic E-state index is 12.7. The number of nitrogens with zero attached hydrogens (tertiary/aromatic N) is 1. The lowest BCUT2D eigenvalue weighted by molar-refractivity contribution is 0.415. The molecule has 4 nitrogen and oxygen atoms in total. The van der Waals surface area contributed by atoms with Crippen molar-refractivity contribution < 1.29 is 13.2 Å². The molecule has 2 aromatic rings. The van der Waals surface area contributed by atoms with Gasteiger partial charge in [-0.15, -0.1) is 0 Å². The second-order valence-electron chi connectivity index (χ2n) is 5.56. The highest BCUT2D eigenvalue weighted by Gasteiger charge is 2.26. The summed E-state index contributed by atoms with van der Waals surface area (Å²) in [5.41, 5.74) is 3.08. The molecule has 3 rings (SSSR count). The van der Waals surface area contributed by atoms with Gasteiger partial charge in [-0.05, 0) is 48.7 Å². The zero-order valence-corrected chi connectivity index (χ0v) is 14.0. The topological polar surface area (TPSA) is 46.6 Å². The van der Waals surface area contributed by atoms with Crippen LogP contribution in [0.5, 0.6) is 5.75 Å². The third kappa shape index (κ3) is 3.10. The number of hydrogen-bond donors (Lipinski definition) is 0. The molecule has 1 aliphatic rings. The van der Waals surface area contributed by atoms with E-state index in [9.17, 15) is 8.42 Å². The van der Waals surface area contributed by atoms with E-state index in [4.69, 9.17) is 4.74 Å². The van der Waals surface area contributed by atoms with E-state index in [-0.39, 0.29) is 0 Å². The summed E-state index contributed by atoms with van der Waals surface area (Å²) < 4.78 is 31.9. The number of rotatable bonds is 4. The van der Waals surface area contributed by atoms with E-state index in [2.05, 4.69) is 0 Å². The monoisotopic (exact) mass is 329 g/mol. The molecule has 0 saturated carbocycles. The van der Waals surface area contributed by atoms with E-state index < -0.39 is 10.0 Å². The van der Waals surface area contributed by atoms with Crippen molar-refractivity contribution in [2.24, 2.45) is 0 Å². The predicted octanol–water partition coefficient (Wildman–Crippen LogP) is 3.44. The van der Waals surface area contributed by atoms with E-state index in [1.807, 2.05) is 43.3 Å². The van der Waals surface area contributed by atoms with Crippen LogP contribution in [-0.4, -0.2) is 26.4 Å². The number of aryl methyl sites for hydroxylation is 1. The first-order chi connectivity index (χ1) is 11.0. The van der Waals surface area contributed by atoms with Crippen molar-refractivity contribution in [3.05, 3.63) is 65.9 Å². The van der Waals surface area contributed by atoms with Gasteiger partial charge in [0.05, 0.1) is 12.0 Å². The van der Waals surface area contributed by atoms with Gasteiger partial charge in [0.1, 0.15) is 5.75 Å². The van der Waals surface area contributed by atoms with E-state index in [0.717, 1.165) is 22.4 Å². The maximum atomic E-state index is 12.7. The van der Waals surface area contributed by atoms with Gasteiger partial charge in [-0.25, -0.2) is 8.42 Å². The van der Waals surface area contributed by atoms with Crippen LogP contribution in [0.25, 0.3) is 5.57 Å². The average Bonchev–Trinajstić information content (AvgIpc) is 3.06. The van der Waals surface area contributed by atoms with Crippen molar-refractivity contribution in [3.63, 3.8) is 0 Å². The van der Waals surface area contributed by atoms with Gasteiger partial charge in [-0.2, -0.15) is 0 Å². The van der Waals surface area contributed by atoms with Crippen LogP contribution in [0.1, 0.15) is 17.5 Å². The van der Waals surface area contributed by atoms with Crippen molar-refractivity contribution in [1.82, 2.24) is 4.31 Å². The minimum atomic E-state index is -3.48. The van der Waals surface area contributed by atoms with Gasteiger partial charge in [0.25, 0.3) is 10.0 Å². The highest BCUT2D eigenvalue weighted by molar-refractivity contribution is 7.89. The Kier molecular flexibility index (Phi) is 4.13. The van der Waals surface area contributed by atoms with E-state index in [1.54, 1.807) is 25.4 Å². The first-order valence-electron chi connectivity index (χ1n) is 7.44. The zero-order valence-electron chi connectivity index (χ0n) is 13.2. The third-order valence-corrected chi connectivity index (χ3v) is 5.76. The van der Waals surface area contributed by atoms with Crippen molar-refractivity contribution in [1.29, 1.82) is 0 Å². The predicted molar refractivity (Wildman–Crippen MR) is 90.7 cm³/mol. The van der Waals surface area contributed by atoms with Gasteiger partial charge in [-0.1, -0.05) is 29.8 Å². The Morgan fingerprint density at radius 3 is 2.26 bits per heavy atom. The van der Waals surface area contributed by atoms with E-state index in [1.165, 1.54) is 4.31 Å². The highest BCUT2D eigenvalue weighted by Crippen LogP contribution is 2.30. The Balaban J connectivity index is 1.87. The van der Waals surface area contributed by atoms with E-state index >= 15 is 0 Å². The summed E-state index contributed by atoms with van der Waals surface area (Å²) >= 11 is 0. The van der Waals surface area contributed by atoms with Gasteiger partial charge >= 0.3 is 0 Å². The summed E-state index contributed by atoms with van der Waals surface area (Å²) in [6.07, 6.45) is 2.44. The average molecular weight is 329 g/mol. The van der Waals surface area contributed by atoms with Crippen molar-refractivity contribution >= 4 is 15.6 Å². The second kappa shape index (κ2) is 6.08. The summed E-state index contributed by atoms with van der Waals surface area (Å²) in [5.74, 6) is 0.788. The largest absolute Gasteiger partial charge is 0.497 e. The SMILES string of the molecule is COc1ccc(C2=CN(S(=O)(=O)c3ccc(C)cc3)CC2)cc1. The quantitative estimate of drug-likeness (QED) is 0.863.